The Morgan fingerprint density at radius 2 is 2.06 bits per heavy atom. The summed E-state index contributed by atoms with van der Waals surface area (Å²) in [5, 5.41) is 0. The third-order valence-electron chi connectivity index (χ3n) is 3.75. The molecule has 2 N–H and O–H groups in total. The molecule has 0 bridgehead atoms. The molecule has 98 valence electrons. The van der Waals surface area contributed by atoms with Crippen LogP contribution in [0.2, 0.25) is 0 Å². The number of fused-ring (bicyclic) bond motifs is 1. The molecule has 3 rings (SSSR count). The predicted molar refractivity (Wildman–Crippen MR) is 67.6 cm³/mol. The zero-order chi connectivity index (χ0) is 12.4. The second-order valence-electron chi connectivity index (χ2n) is 5.22. The lowest BCUT2D eigenvalue weighted by molar-refractivity contribution is 0.0755. The molecule has 0 amide bonds. The van der Waals surface area contributed by atoms with Crippen LogP contribution in [0.1, 0.15) is 24.8 Å². The van der Waals surface area contributed by atoms with E-state index in [2.05, 4.69) is 0 Å². The molecule has 0 aromatic heterocycles. The Morgan fingerprint density at radius 1 is 1.22 bits per heavy atom. The van der Waals surface area contributed by atoms with Gasteiger partial charge in [-0.3, -0.25) is 0 Å². The summed E-state index contributed by atoms with van der Waals surface area (Å²) in [6.45, 7) is 2.52. The molecule has 1 aliphatic carbocycles. The first-order valence-corrected chi connectivity index (χ1v) is 6.48. The lowest BCUT2D eigenvalue weighted by Gasteiger charge is -2.14. The summed E-state index contributed by atoms with van der Waals surface area (Å²) in [7, 11) is 0. The number of ether oxygens (including phenoxy) is 3. The molecule has 1 heterocycles. The maximum absolute atomic E-state index is 5.81. The molecule has 4 heteroatoms. The van der Waals surface area contributed by atoms with E-state index in [4.69, 9.17) is 19.9 Å². The highest BCUT2D eigenvalue weighted by Gasteiger charge is 2.41. The molecule has 1 saturated carbocycles. The topological polar surface area (TPSA) is 53.7 Å². The van der Waals surface area contributed by atoms with Crippen molar-refractivity contribution in [2.75, 3.05) is 19.9 Å². The van der Waals surface area contributed by atoms with E-state index >= 15 is 0 Å². The highest BCUT2D eigenvalue weighted by atomic mass is 16.7. The lowest BCUT2D eigenvalue weighted by Crippen LogP contribution is -2.15. The van der Waals surface area contributed by atoms with E-state index in [1.807, 2.05) is 18.2 Å². The molecule has 1 aromatic rings. The van der Waals surface area contributed by atoms with Gasteiger partial charge in [0.15, 0.2) is 11.5 Å². The molecule has 0 unspecified atom stereocenters. The third-order valence-corrected chi connectivity index (χ3v) is 3.75. The monoisotopic (exact) mass is 249 g/mol. The summed E-state index contributed by atoms with van der Waals surface area (Å²) >= 11 is 0. The van der Waals surface area contributed by atoms with Crippen molar-refractivity contribution >= 4 is 0 Å². The summed E-state index contributed by atoms with van der Waals surface area (Å²) in [6.07, 6.45) is 3.59. The Hall–Kier alpha value is -1.26. The molecule has 0 spiro atoms. The lowest BCUT2D eigenvalue weighted by atomic mass is 10.0. The van der Waals surface area contributed by atoms with Crippen LogP contribution in [0.3, 0.4) is 0 Å². The van der Waals surface area contributed by atoms with E-state index in [0.29, 0.717) is 18.8 Å². The van der Waals surface area contributed by atoms with Gasteiger partial charge in [0.2, 0.25) is 6.79 Å². The van der Waals surface area contributed by atoms with Gasteiger partial charge in [0.05, 0.1) is 13.2 Å². The highest BCUT2D eigenvalue weighted by molar-refractivity contribution is 5.44. The Labute approximate surface area is 107 Å². The van der Waals surface area contributed by atoms with Crippen molar-refractivity contribution < 1.29 is 14.2 Å². The van der Waals surface area contributed by atoms with Gasteiger partial charge in [-0.25, -0.2) is 0 Å². The number of hydrogen-bond acceptors (Lipinski definition) is 4. The average molecular weight is 249 g/mol. The number of hydrogen-bond donors (Lipinski definition) is 1. The van der Waals surface area contributed by atoms with E-state index in [1.165, 1.54) is 12.8 Å². The molecule has 0 atom stereocenters. The van der Waals surface area contributed by atoms with Crippen LogP contribution in [0, 0.1) is 5.41 Å². The second kappa shape index (κ2) is 4.78. The van der Waals surface area contributed by atoms with Gasteiger partial charge in [-0.1, -0.05) is 6.07 Å². The van der Waals surface area contributed by atoms with Crippen LogP contribution in [-0.2, 0) is 11.3 Å². The molecule has 4 nitrogen and oxygen atoms in total. The van der Waals surface area contributed by atoms with Gasteiger partial charge in [0.25, 0.3) is 0 Å². The normalized spacial score (nSPS) is 18.9. The van der Waals surface area contributed by atoms with Crippen molar-refractivity contribution in [3.63, 3.8) is 0 Å². The minimum absolute atomic E-state index is 0.319. The number of nitrogens with two attached hydrogens (primary N) is 1. The largest absolute Gasteiger partial charge is 0.454 e. The molecule has 1 aliphatic heterocycles. The van der Waals surface area contributed by atoms with Crippen molar-refractivity contribution in [1.29, 1.82) is 0 Å². The van der Waals surface area contributed by atoms with Gasteiger partial charge in [-0.15, -0.1) is 0 Å². The smallest absolute Gasteiger partial charge is 0.231 e. The first-order chi connectivity index (χ1) is 8.81. The first kappa shape index (κ1) is 11.8. The zero-order valence-corrected chi connectivity index (χ0v) is 10.5. The maximum Gasteiger partial charge on any atom is 0.231 e. The molecular formula is C14H19NO3. The van der Waals surface area contributed by atoms with Crippen molar-refractivity contribution in [3.05, 3.63) is 23.8 Å². The molecule has 1 fully saturated rings. The van der Waals surface area contributed by atoms with Crippen molar-refractivity contribution in [2.24, 2.45) is 11.1 Å². The fourth-order valence-electron chi connectivity index (χ4n) is 2.37. The van der Waals surface area contributed by atoms with Gasteiger partial charge >= 0.3 is 0 Å². The Morgan fingerprint density at radius 3 is 2.83 bits per heavy atom. The van der Waals surface area contributed by atoms with E-state index in [0.717, 1.165) is 36.6 Å². The van der Waals surface area contributed by atoms with Crippen molar-refractivity contribution in [3.8, 4) is 11.5 Å². The highest BCUT2D eigenvalue weighted by Crippen LogP contribution is 2.48. The molecule has 0 radical (unpaired) electrons. The quantitative estimate of drug-likeness (QED) is 0.838. The minimum Gasteiger partial charge on any atom is -0.454 e. The van der Waals surface area contributed by atoms with Crippen molar-refractivity contribution in [1.82, 2.24) is 0 Å². The van der Waals surface area contributed by atoms with Crippen LogP contribution in [-0.4, -0.2) is 19.9 Å². The minimum atomic E-state index is 0.319. The van der Waals surface area contributed by atoms with Crippen LogP contribution in [0.25, 0.3) is 0 Å². The molecule has 1 aromatic carbocycles. The number of benzene rings is 1. The summed E-state index contributed by atoms with van der Waals surface area (Å²) < 4.78 is 16.4. The van der Waals surface area contributed by atoms with E-state index in [1.54, 1.807) is 0 Å². The predicted octanol–water partition coefficient (Wildman–Crippen LogP) is 2.06. The van der Waals surface area contributed by atoms with Gasteiger partial charge < -0.3 is 19.9 Å². The van der Waals surface area contributed by atoms with Gasteiger partial charge in [0, 0.05) is 0 Å². The Balaban J connectivity index is 1.51. The fraction of sp³-hybridized carbons (Fsp3) is 0.571. The Bertz CT molecular complexity index is 429. The summed E-state index contributed by atoms with van der Waals surface area (Å²) in [4.78, 5) is 0. The number of rotatable bonds is 6. The van der Waals surface area contributed by atoms with E-state index < -0.39 is 0 Å². The fourth-order valence-corrected chi connectivity index (χ4v) is 2.37. The second-order valence-corrected chi connectivity index (χ2v) is 5.22. The van der Waals surface area contributed by atoms with Crippen LogP contribution < -0.4 is 15.2 Å². The van der Waals surface area contributed by atoms with Crippen molar-refractivity contribution in [2.45, 2.75) is 25.9 Å². The SMILES string of the molecule is NCCC1(COCc2ccc3c(c2)OCO3)CC1. The van der Waals surface area contributed by atoms with Crippen LogP contribution in [0.15, 0.2) is 18.2 Å². The van der Waals surface area contributed by atoms with Gasteiger partial charge in [0.1, 0.15) is 0 Å². The summed E-state index contributed by atoms with van der Waals surface area (Å²) in [5.41, 5.74) is 7.12. The summed E-state index contributed by atoms with van der Waals surface area (Å²) in [5.74, 6) is 1.64. The van der Waals surface area contributed by atoms with Gasteiger partial charge in [-0.2, -0.15) is 0 Å². The van der Waals surface area contributed by atoms with Gasteiger partial charge in [-0.05, 0) is 48.9 Å². The van der Waals surface area contributed by atoms with Crippen LogP contribution >= 0.6 is 0 Å². The molecular weight excluding hydrogens is 230 g/mol. The van der Waals surface area contributed by atoms with E-state index in [9.17, 15) is 0 Å². The van der Waals surface area contributed by atoms with Crippen LogP contribution in [0.5, 0.6) is 11.5 Å². The third kappa shape index (κ3) is 2.44. The molecule has 2 aliphatic rings. The van der Waals surface area contributed by atoms with E-state index in [-0.39, 0.29) is 0 Å². The standard InChI is InChI=1S/C14H19NO3/c15-6-5-14(3-4-14)9-16-8-11-1-2-12-13(7-11)18-10-17-12/h1-2,7H,3-6,8-10,15H2. The van der Waals surface area contributed by atoms with Crippen LogP contribution in [0.4, 0.5) is 0 Å². The Kier molecular flexibility index (Phi) is 3.14. The zero-order valence-electron chi connectivity index (χ0n) is 10.5. The summed E-state index contributed by atoms with van der Waals surface area (Å²) in [6, 6.07) is 5.95. The average Bonchev–Trinajstić information content (AvgIpc) is 2.97. The molecule has 18 heavy (non-hydrogen) atoms. The first-order valence-electron chi connectivity index (χ1n) is 6.48. The maximum atomic E-state index is 5.81. The molecule has 0 saturated heterocycles.